The predicted molar refractivity (Wildman–Crippen MR) is 69.8 cm³/mol. The second-order valence-electron chi connectivity index (χ2n) is 3.84. The number of non-ortho nitro benzene ring substituents is 1. The summed E-state index contributed by atoms with van der Waals surface area (Å²) < 4.78 is 0. The van der Waals surface area contributed by atoms with Crippen LogP contribution in [0.4, 0.5) is 10.8 Å². The van der Waals surface area contributed by atoms with E-state index in [-0.39, 0.29) is 11.7 Å². The Kier molecular flexibility index (Phi) is 3.52. The molecule has 6 nitrogen and oxygen atoms in total. The Morgan fingerprint density at radius 1 is 1.44 bits per heavy atom. The quantitative estimate of drug-likeness (QED) is 0.678. The average Bonchev–Trinajstić information content (AvgIpc) is 2.75. The number of rotatable bonds is 4. The molecule has 0 radical (unpaired) electrons. The zero-order valence-electron chi connectivity index (χ0n) is 9.95. The third-order valence-corrected chi connectivity index (χ3v) is 3.22. The van der Waals surface area contributed by atoms with Gasteiger partial charge in [-0.2, -0.15) is 0 Å². The van der Waals surface area contributed by atoms with Gasteiger partial charge in [0.05, 0.1) is 11.0 Å². The molecule has 0 saturated heterocycles. The molecule has 0 spiro atoms. The van der Waals surface area contributed by atoms with Crippen molar-refractivity contribution >= 4 is 22.2 Å². The number of benzene rings is 1. The van der Waals surface area contributed by atoms with Crippen LogP contribution in [0.25, 0.3) is 0 Å². The van der Waals surface area contributed by atoms with Crippen molar-refractivity contribution in [2.24, 2.45) is 0 Å². The second-order valence-corrected chi connectivity index (χ2v) is 5.03. The van der Waals surface area contributed by atoms with E-state index in [0.717, 1.165) is 10.6 Å². The van der Waals surface area contributed by atoms with Gasteiger partial charge in [0.2, 0.25) is 5.13 Å². The van der Waals surface area contributed by atoms with Crippen molar-refractivity contribution in [2.75, 3.05) is 5.32 Å². The number of hydrogen-bond acceptors (Lipinski definition) is 6. The Morgan fingerprint density at radius 3 is 2.83 bits per heavy atom. The van der Waals surface area contributed by atoms with E-state index in [0.29, 0.717) is 5.13 Å². The molecule has 0 bridgehead atoms. The number of nitrogens with zero attached hydrogens (tertiary/aromatic N) is 3. The van der Waals surface area contributed by atoms with E-state index in [1.165, 1.54) is 17.4 Å². The van der Waals surface area contributed by atoms with Crippen LogP contribution in [0.3, 0.4) is 0 Å². The van der Waals surface area contributed by atoms with Gasteiger partial charge < -0.3 is 5.32 Å². The van der Waals surface area contributed by atoms with Gasteiger partial charge in [0.15, 0.2) is 0 Å². The lowest BCUT2D eigenvalue weighted by atomic mass is 10.1. The molecule has 0 amide bonds. The van der Waals surface area contributed by atoms with Gasteiger partial charge in [-0.1, -0.05) is 23.5 Å². The van der Waals surface area contributed by atoms with Crippen molar-refractivity contribution < 1.29 is 4.92 Å². The summed E-state index contributed by atoms with van der Waals surface area (Å²) in [5.41, 5.74) is 0.937. The molecule has 0 aliphatic carbocycles. The summed E-state index contributed by atoms with van der Waals surface area (Å²) in [6.07, 6.45) is 0. The Hall–Kier alpha value is -2.02. The van der Waals surface area contributed by atoms with Crippen molar-refractivity contribution in [1.82, 2.24) is 10.2 Å². The highest BCUT2D eigenvalue weighted by molar-refractivity contribution is 7.15. The molecular formula is C11H12N4O2S. The molecule has 1 aromatic heterocycles. The molecule has 1 atom stereocenters. The van der Waals surface area contributed by atoms with Crippen LogP contribution in [0.5, 0.6) is 0 Å². The molecule has 1 heterocycles. The zero-order valence-corrected chi connectivity index (χ0v) is 10.8. The van der Waals surface area contributed by atoms with Crippen LogP contribution in [-0.2, 0) is 0 Å². The summed E-state index contributed by atoms with van der Waals surface area (Å²) in [6, 6.07) is 6.50. The third kappa shape index (κ3) is 2.80. The van der Waals surface area contributed by atoms with Gasteiger partial charge in [-0.15, -0.1) is 10.2 Å². The van der Waals surface area contributed by atoms with E-state index in [9.17, 15) is 10.1 Å². The molecule has 2 rings (SSSR count). The normalized spacial score (nSPS) is 12.1. The molecule has 2 aromatic rings. The number of aryl methyl sites for hydroxylation is 1. The molecular weight excluding hydrogens is 252 g/mol. The van der Waals surface area contributed by atoms with Crippen LogP contribution in [0.15, 0.2) is 24.3 Å². The van der Waals surface area contributed by atoms with E-state index >= 15 is 0 Å². The van der Waals surface area contributed by atoms with Crippen molar-refractivity contribution in [3.63, 3.8) is 0 Å². The van der Waals surface area contributed by atoms with Gasteiger partial charge >= 0.3 is 0 Å². The number of hydrogen-bond donors (Lipinski definition) is 1. The fraction of sp³-hybridized carbons (Fsp3) is 0.273. The molecule has 0 aliphatic rings. The minimum atomic E-state index is -0.398. The minimum absolute atomic E-state index is 0.0581. The fourth-order valence-electron chi connectivity index (χ4n) is 1.53. The van der Waals surface area contributed by atoms with Crippen LogP contribution in [-0.4, -0.2) is 15.1 Å². The molecule has 0 saturated carbocycles. The highest BCUT2D eigenvalue weighted by Crippen LogP contribution is 2.24. The van der Waals surface area contributed by atoms with Gasteiger partial charge in [0.25, 0.3) is 5.69 Å². The first-order valence-electron chi connectivity index (χ1n) is 5.37. The van der Waals surface area contributed by atoms with E-state index < -0.39 is 4.92 Å². The lowest BCUT2D eigenvalue weighted by Gasteiger charge is -2.12. The first-order chi connectivity index (χ1) is 8.56. The third-order valence-electron chi connectivity index (χ3n) is 2.45. The molecule has 0 fully saturated rings. The standard InChI is InChI=1S/C11H12N4O2S/c1-7(12-11-14-13-8(2)18-11)9-4-3-5-10(6-9)15(16)17/h3-7H,1-2H3,(H,12,14). The molecule has 1 N–H and O–H groups in total. The smallest absolute Gasteiger partial charge is 0.269 e. The molecule has 7 heteroatoms. The lowest BCUT2D eigenvalue weighted by Crippen LogP contribution is -2.06. The predicted octanol–water partition coefficient (Wildman–Crippen LogP) is 2.93. The largest absolute Gasteiger partial charge is 0.354 e. The molecule has 94 valence electrons. The second kappa shape index (κ2) is 5.09. The molecule has 1 aromatic carbocycles. The van der Waals surface area contributed by atoms with Crippen LogP contribution in [0, 0.1) is 17.0 Å². The highest BCUT2D eigenvalue weighted by Gasteiger charge is 2.12. The van der Waals surface area contributed by atoms with Crippen LogP contribution in [0.1, 0.15) is 23.5 Å². The van der Waals surface area contributed by atoms with E-state index in [4.69, 9.17) is 0 Å². The van der Waals surface area contributed by atoms with Crippen molar-refractivity contribution in [3.05, 3.63) is 45.0 Å². The average molecular weight is 264 g/mol. The number of nitro benzene ring substituents is 1. The SMILES string of the molecule is Cc1nnc(NC(C)c2cccc([N+](=O)[O-])c2)s1. The van der Waals surface area contributed by atoms with Crippen molar-refractivity contribution in [2.45, 2.75) is 19.9 Å². The number of nitrogens with one attached hydrogen (secondary N) is 1. The van der Waals surface area contributed by atoms with Gasteiger partial charge in [0.1, 0.15) is 5.01 Å². The number of anilines is 1. The summed E-state index contributed by atoms with van der Waals surface area (Å²) in [5, 5.41) is 23.3. The van der Waals surface area contributed by atoms with Crippen LogP contribution < -0.4 is 5.32 Å². The Balaban J connectivity index is 2.15. The summed E-state index contributed by atoms with van der Waals surface area (Å²) in [6.45, 7) is 3.80. The highest BCUT2D eigenvalue weighted by atomic mass is 32.1. The van der Waals surface area contributed by atoms with E-state index in [1.807, 2.05) is 19.9 Å². The maximum Gasteiger partial charge on any atom is 0.269 e. The molecule has 1 unspecified atom stereocenters. The Bertz CT molecular complexity index is 570. The van der Waals surface area contributed by atoms with Gasteiger partial charge in [-0.25, -0.2) is 0 Å². The topological polar surface area (TPSA) is 81.0 Å². The monoisotopic (exact) mass is 264 g/mol. The minimum Gasteiger partial charge on any atom is -0.354 e. The van der Waals surface area contributed by atoms with Crippen LogP contribution in [0.2, 0.25) is 0 Å². The summed E-state index contributed by atoms with van der Waals surface area (Å²) in [5.74, 6) is 0. The maximum atomic E-state index is 10.7. The van der Waals surface area contributed by atoms with Gasteiger partial charge in [-0.05, 0) is 19.4 Å². The zero-order chi connectivity index (χ0) is 13.1. The summed E-state index contributed by atoms with van der Waals surface area (Å²) in [4.78, 5) is 10.3. The first kappa shape index (κ1) is 12.4. The molecule has 18 heavy (non-hydrogen) atoms. The van der Waals surface area contributed by atoms with Crippen molar-refractivity contribution in [3.8, 4) is 0 Å². The van der Waals surface area contributed by atoms with Crippen LogP contribution >= 0.6 is 11.3 Å². The number of aromatic nitrogens is 2. The summed E-state index contributed by atoms with van der Waals surface area (Å²) in [7, 11) is 0. The summed E-state index contributed by atoms with van der Waals surface area (Å²) >= 11 is 1.45. The fourth-order valence-corrected chi connectivity index (χ4v) is 2.21. The number of nitro groups is 1. The maximum absolute atomic E-state index is 10.7. The Labute approximate surface area is 108 Å². The van der Waals surface area contributed by atoms with E-state index in [2.05, 4.69) is 15.5 Å². The van der Waals surface area contributed by atoms with E-state index in [1.54, 1.807) is 12.1 Å². The van der Waals surface area contributed by atoms with Gasteiger partial charge in [0, 0.05) is 12.1 Å². The van der Waals surface area contributed by atoms with Crippen molar-refractivity contribution in [1.29, 1.82) is 0 Å². The lowest BCUT2D eigenvalue weighted by molar-refractivity contribution is -0.384. The Morgan fingerprint density at radius 2 is 2.22 bits per heavy atom. The molecule has 0 aliphatic heterocycles. The first-order valence-corrected chi connectivity index (χ1v) is 6.19. The van der Waals surface area contributed by atoms with Gasteiger partial charge in [-0.3, -0.25) is 10.1 Å².